The fourth-order valence-corrected chi connectivity index (χ4v) is 9.64. The first-order valence-corrected chi connectivity index (χ1v) is 19.4. The quantitative estimate of drug-likeness (QED) is 0.182. The van der Waals surface area contributed by atoms with Gasteiger partial charge in [0.2, 0.25) is 0 Å². The SMILES string of the molecule is C1=C(n2c3ccccc3c3c4c5ccccc5n(-c5ccccc5)c4ccc32)N=C(c2cccc3oc4ccc5oc6ccccc6c5c4c23)c2ccccc2C1. The van der Waals surface area contributed by atoms with Gasteiger partial charge >= 0.3 is 0 Å². The molecule has 12 aromatic rings. The van der Waals surface area contributed by atoms with Crippen molar-refractivity contribution >= 4 is 99.0 Å². The van der Waals surface area contributed by atoms with Gasteiger partial charge in [-0.15, -0.1) is 0 Å². The first-order valence-electron chi connectivity index (χ1n) is 19.4. The fourth-order valence-electron chi connectivity index (χ4n) is 9.64. The Morgan fingerprint density at radius 1 is 0.386 bits per heavy atom. The number of furan rings is 2. The smallest absolute Gasteiger partial charge is 0.136 e. The Morgan fingerprint density at radius 3 is 1.77 bits per heavy atom. The number of rotatable bonds is 3. The van der Waals surface area contributed by atoms with E-state index in [1.807, 2.05) is 24.3 Å². The van der Waals surface area contributed by atoms with Crippen LogP contribution < -0.4 is 0 Å². The molecule has 0 bridgehead atoms. The fraction of sp³-hybridized carbons (Fsp3) is 0.0192. The third kappa shape index (κ3) is 4.20. The molecule has 0 radical (unpaired) electrons. The maximum atomic E-state index is 6.64. The summed E-state index contributed by atoms with van der Waals surface area (Å²) in [4.78, 5) is 5.76. The van der Waals surface area contributed by atoms with Gasteiger partial charge in [0.15, 0.2) is 0 Å². The van der Waals surface area contributed by atoms with Gasteiger partial charge in [-0.25, -0.2) is 4.99 Å². The number of allylic oxidation sites excluding steroid dienone is 1. The van der Waals surface area contributed by atoms with Crippen LogP contribution in [-0.4, -0.2) is 14.8 Å². The van der Waals surface area contributed by atoms with Gasteiger partial charge < -0.3 is 13.4 Å². The van der Waals surface area contributed by atoms with Gasteiger partial charge in [-0.1, -0.05) is 109 Å². The lowest BCUT2D eigenvalue weighted by Crippen LogP contribution is -2.07. The van der Waals surface area contributed by atoms with Gasteiger partial charge in [-0.05, 0) is 78.7 Å². The summed E-state index contributed by atoms with van der Waals surface area (Å²) in [7, 11) is 0. The Balaban J connectivity index is 1.13. The van der Waals surface area contributed by atoms with E-state index in [0.29, 0.717) is 0 Å². The van der Waals surface area contributed by atoms with Crippen LogP contribution >= 0.6 is 0 Å². The molecule has 13 rings (SSSR count). The van der Waals surface area contributed by atoms with E-state index in [-0.39, 0.29) is 0 Å². The lowest BCUT2D eigenvalue weighted by molar-refractivity contribution is 0.663. The van der Waals surface area contributed by atoms with Gasteiger partial charge in [0, 0.05) is 59.9 Å². The van der Waals surface area contributed by atoms with Crippen molar-refractivity contribution < 1.29 is 8.83 Å². The van der Waals surface area contributed by atoms with Crippen LogP contribution in [0.25, 0.3) is 99.0 Å². The highest BCUT2D eigenvalue weighted by atomic mass is 16.3. The summed E-state index contributed by atoms with van der Waals surface area (Å²) in [6, 6.07) is 60.2. The summed E-state index contributed by atoms with van der Waals surface area (Å²) in [6.45, 7) is 0. The largest absolute Gasteiger partial charge is 0.456 e. The number of nitrogens with zero attached hydrogens (tertiary/aromatic N) is 3. The molecule has 0 saturated heterocycles. The standard InChI is InChI=1S/C52H31N3O2/c1-2-14-32(15-3-1)54-38-21-9-6-17-34(38)47-40(54)26-27-41-48(47)35-18-7-10-22-39(35)55(41)46-30-25-31-13-4-5-16-33(31)52(53-46)37-20-12-24-43-50(37)51-45(57-43)29-28-44-49(51)36-19-8-11-23-42(36)56-44/h1-24,26-30H,25H2. The van der Waals surface area contributed by atoms with E-state index >= 15 is 0 Å². The summed E-state index contributed by atoms with van der Waals surface area (Å²) >= 11 is 0. The van der Waals surface area contributed by atoms with Gasteiger partial charge in [-0.2, -0.15) is 0 Å². The summed E-state index contributed by atoms with van der Waals surface area (Å²) in [5.41, 5.74) is 13.4. The molecule has 266 valence electrons. The number of para-hydroxylation sites is 4. The summed E-state index contributed by atoms with van der Waals surface area (Å²) in [5, 5.41) is 9.13. The lowest BCUT2D eigenvalue weighted by atomic mass is 9.93. The Bertz CT molecular complexity index is 3720. The molecule has 5 heteroatoms. The van der Waals surface area contributed by atoms with Crippen molar-refractivity contribution in [3.8, 4) is 5.69 Å². The van der Waals surface area contributed by atoms with Crippen molar-refractivity contribution in [3.63, 3.8) is 0 Å². The highest BCUT2D eigenvalue weighted by Crippen LogP contribution is 2.45. The van der Waals surface area contributed by atoms with Crippen LogP contribution in [0.3, 0.4) is 0 Å². The van der Waals surface area contributed by atoms with Gasteiger partial charge in [-0.3, -0.25) is 4.57 Å². The minimum Gasteiger partial charge on any atom is -0.456 e. The molecule has 8 aromatic carbocycles. The van der Waals surface area contributed by atoms with E-state index in [9.17, 15) is 0 Å². The van der Waals surface area contributed by atoms with Crippen LogP contribution in [0.5, 0.6) is 0 Å². The van der Waals surface area contributed by atoms with Crippen molar-refractivity contribution in [3.05, 3.63) is 193 Å². The first kappa shape index (κ1) is 30.7. The average Bonchev–Trinajstić information content (AvgIpc) is 3.98. The first-order chi connectivity index (χ1) is 28.3. The maximum Gasteiger partial charge on any atom is 0.136 e. The predicted octanol–water partition coefficient (Wildman–Crippen LogP) is 13.6. The summed E-state index contributed by atoms with van der Waals surface area (Å²) < 4.78 is 17.8. The van der Waals surface area contributed by atoms with Crippen LogP contribution in [0.1, 0.15) is 16.7 Å². The number of hydrogen-bond donors (Lipinski definition) is 0. The van der Waals surface area contributed by atoms with E-state index < -0.39 is 0 Å². The van der Waals surface area contributed by atoms with Gasteiger partial charge in [0.1, 0.15) is 28.2 Å². The van der Waals surface area contributed by atoms with Crippen LogP contribution in [0.4, 0.5) is 0 Å². The zero-order valence-corrected chi connectivity index (χ0v) is 30.6. The van der Waals surface area contributed by atoms with E-state index in [0.717, 1.165) is 89.7 Å². The number of hydrogen-bond acceptors (Lipinski definition) is 3. The predicted molar refractivity (Wildman–Crippen MR) is 235 cm³/mol. The molecule has 0 unspecified atom stereocenters. The number of benzene rings is 8. The second kappa shape index (κ2) is 11.4. The third-order valence-electron chi connectivity index (χ3n) is 12.0. The zero-order chi connectivity index (χ0) is 37.2. The second-order valence-corrected chi connectivity index (χ2v) is 15.0. The molecule has 0 saturated carbocycles. The second-order valence-electron chi connectivity index (χ2n) is 15.0. The topological polar surface area (TPSA) is 48.5 Å². The Labute approximate surface area is 325 Å². The third-order valence-corrected chi connectivity index (χ3v) is 12.0. The van der Waals surface area contributed by atoms with Gasteiger partial charge in [0.05, 0.1) is 27.8 Å². The van der Waals surface area contributed by atoms with Crippen molar-refractivity contribution in [2.75, 3.05) is 0 Å². The molecule has 0 fully saturated rings. The van der Waals surface area contributed by atoms with Crippen molar-refractivity contribution in [2.24, 2.45) is 4.99 Å². The normalized spacial score (nSPS) is 13.4. The maximum absolute atomic E-state index is 6.64. The highest BCUT2D eigenvalue weighted by molar-refractivity contribution is 6.33. The molecule has 1 aliphatic rings. The van der Waals surface area contributed by atoms with E-state index in [2.05, 4.69) is 161 Å². The van der Waals surface area contributed by atoms with E-state index in [1.54, 1.807) is 0 Å². The molecular formula is C52H31N3O2. The Kier molecular flexibility index (Phi) is 6.16. The van der Waals surface area contributed by atoms with Gasteiger partial charge in [0.25, 0.3) is 0 Å². The molecule has 0 atom stereocenters. The molecule has 1 aliphatic heterocycles. The van der Waals surface area contributed by atoms with E-state index in [1.165, 1.54) is 38.1 Å². The number of aliphatic imine (C=N–C) groups is 1. The molecule has 4 aromatic heterocycles. The minimum absolute atomic E-state index is 0.737. The molecule has 5 nitrogen and oxygen atoms in total. The summed E-state index contributed by atoms with van der Waals surface area (Å²) in [5.74, 6) is 0.891. The van der Waals surface area contributed by atoms with E-state index in [4.69, 9.17) is 13.8 Å². The van der Waals surface area contributed by atoms with Crippen molar-refractivity contribution in [2.45, 2.75) is 6.42 Å². The molecular weight excluding hydrogens is 699 g/mol. The number of aromatic nitrogens is 2. The van der Waals surface area contributed by atoms with Crippen molar-refractivity contribution in [1.29, 1.82) is 0 Å². The van der Waals surface area contributed by atoms with Crippen LogP contribution in [0.15, 0.2) is 190 Å². The Morgan fingerprint density at radius 2 is 0.965 bits per heavy atom. The molecule has 0 spiro atoms. The summed E-state index contributed by atoms with van der Waals surface area (Å²) in [6.07, 6.45) is 3.03. The molecule has 0 amide bonds. The zero-order valence-electron chi connectivity index (χ0n) is 30.6. The number of fused-ring (bicyclic) bond motifs is 15. The molecule has 57 heavy (non-hydrogen) atoms. The Hall–Kier alpha value is -7.63. The monoisotopic (exact) mass is 729 g/mol. The highest BCUT2D eigenvalue weighted by Gasteiger charge is 2.26. The average molecular weight is 730 g/mol. The molecule has 0 aliphatic carbocycles. The van der Waals surface area contributed by atoms with Crippen LogP contribution in [-0.2, 0) is 6.42 Å². The lowest BCUT2D eigenvalue weighted by Gasteiger charge is -2.13. The molecule has 5 heterocycles. The van der Waals surface area contributed by atoms with Crippen LogP contribution in [0.2, 0.25) is 0 Å². The van der Waals surface area contributed by atoms with Crippen molar-refractivity contribution in [1.82, 2.24) is 9.13 Å². The molecule has 0 N–H and O–H groups in total. The minimum atomic E-state index is 0.737. The van der Waals surface area contributed by atoms with Crippen LogP contribution in [0, 0.1) is 0 Å².